The molecule has 1 rings (SSSR count). The lowest BCUT2D eigenvalue weighted by molar-refractivity contribution is -0.131. The number of hydrogen-bond donors (Lipinski definition) is 1. The first-order valence-corrected chi connectivity index (χ1v) is 6.75. The van der Waals surface area contributed by atoms with Crippen molar-refractivity contribution in [3.05, 3.63) is 33.8 Å². The molecular weight excluding hydrogens is 271 g/mol. The van der Waals surface area contributed by atoms with E-state index in [9.17, 15) is 4.79 Å². The maximum atomic E-state index is 11.9. The second-order valence-electron chi connectivity index (χ2n) is 4.05. The van der Waals surface area contributed by atoms with Crippen LogP contribution in [0.4, 0.5) is 0 Å². The molecular formula is C13H18Cl2N2O. The number of carbonyl (C=O) groups excluding carboxylic acids is 1. The summed E-state index contributed by atoms with van der Waals surface area (Å²) in [5.41, 5.74) is 6.38. The van der Waals surface area contributed by atoms with Crippen molar-refractivity contribution >= 4 is 29.1 Å². The maximum Gasteiger partial charge on any atom is 0.222 e. The van der Waals surface area contributed by atoms with Crippen molar-refractivity contribution in [2.45, 2.75) is 26.3 Å². The molecule has 0 aliphatic rings. The van der Waals surface area contributed by atoms with Crippen LogP contribution in [0, 0.1) is 0 Å². The fourth-order valence-electron chi connectivity index (χ4n) is 1.65. The third-order valence-electron chi connectivity index (χ3n) is 2.69. The van der Waals surface area contributed by atoms with Crippen molar-refractivity contribution in [1.29, 1.82) is 0 Å². The SMILES string of the molecule is CCN(Cc1ccc(Cl)c(Cl)c1)C(=O)CCCN. The van der Waals surface area contributed by atoms with Crippen molar-refractivity contribution in [3.8, 4) is 0 Å². The highest BCUT2D eigenvalue weighted by molar-refractivity contribution is 6.42. The van der Waals surface area contributed by atoms with Gasteiger partial charge in [-0.1, -0.05) is 29.3 Å². The Morgan fingerprint density at radius 1 is 1.33 bits per heavy atom. The standard InChI is InChI=1S/C13H18Cl2N2O/c1-2-17(13(18)4-3-7-16)9-10-5-6-11(14)12(15)8-10/h5-6,8H,2-4,7,9,16H2,1H3. The Morgan fingerprint density at radius 2 is 2.06 bits per heavy atom. The number of halogens is 2. The summed E-state index contributed by atoms with van der Waals surface area (Å²) in [6, 6.07) is 5.42. The second-order valence-corrected chi connectivity index (χ2v) is 4.86. The molecule has 0 heterocycles. The van der Waals surface area contributed by atoms with Crippen molar-refractivity contribution in [2.24, 2.45) is 5.73 Å². The van der Waals surface area contributed by atoms with Gasteiger partial charge in [0.25, 0.3) is 0 Å². The lowest BCUT2D eigenvalue weighted by atomic mass is 10.2. The smallest absolute Gasteiger partial charge is 0.222 e. The predicted molar refractivity (Wildman–Crippen MR) is 75.8 cm³/mol. The van der Waals surface area contributed by atoms with E-state index in [0.717, 1.165) is 12.0 Å². The fraction of sp³-hybridized carbons (Fsp3) is 0.462. The number of nitrogens with two attached hydrogens (primary N) is 1. The molecule has 0 saturated heterocycles. The lowest BCUT2D eigenvalue weighted by Crippen LogP contribution is -2.30. The first-order valence-electron chi connectivity index (χ1n) is 6.00. The Morgan fingerprint density at radius 3 is 2.61 bits per heavy atom. The van der Waals surface area contributed by atoms with Crippen molar-refractivity contribution in [1.82, 2.24) is 4.90 Å². The summed E-state index contributed by atoms with van der Waals surface area (Å²) >= 11 is 11.8. The molecule has 18 heavy (non-hydrogen) atoms. The predicted octanol–water partition coefficient (Wildman–Crippen LogP) is 3.08. The van der Waals surface area contributed by atoms with Crippen molar-refractivity contribution in [2.75, 3.05) is 13.1 Å². The lowest BCUT2D eigenvalue weighted by Gasteiger charge is -2.21. The Bertz CT molecular complexity index is 410. The normalized spacial score (nSPS) is 10.4. The van der Waals surface area contributed by atoms with E-state index in [1.165, 1.54) is 0 Å². The van der Waals surface area contributed by atoms with Gasteiger partial charge in [0.05, 0.1) is 10.0 Å². The van der Waals surface area contributed by atoms with Crippen LogP contribution >= 0.6 is 23.2 Å². The van der Waals surface area contributed by atoms with Crippen molar-refractivity contribution in [3.63, 3.8) is 0 Å². The van der Waals surface area contributed by atoms with Crippen LogP contribution in [0.1, 0.15) is 25.3 Å². The van der Waals surface area contributed by atoms with Crippen LogP contribution in [-0.2, 0) is 11.3 Å². The Balaban J connectivity index is 2.67. The molecule has 0 bridgehead atoms. The zero-order valence-electron chi connectivity index (χ0n) is 10.5. The average Bonchev–Trinajstić information content (AvgIpc) is 2.37. The largest absolute Gasteiger partial charge is 0.339 e. The van der Waals surface area contributed by atoms with Crippen molar-refractivity contribution < 1.29 is 4.79 Å². The van der Waals surface area contributed by atoms with E-state index in [0.29, 0.717) is 36.1 Å². The molecule has 0 unspecified atom stereocenters. The van der Waals surface area contributed by atoms with Crippen LogP contribution < -0.4 is 5.73 Å². The van der Waals surface area contributed by atoms with Crippen LogP contribution in [0.15, 0.2) is 18.2 Å². The van der Waals surface area contributed by atoms with E-state index in [1.807, 2.05) is 13.0 Å². The summed E-state index contributed by atoms with van der Waals surface area (Å²) in [5.74, 6) is 0.119. The number of benzene rings is 1. The minimum Gasteiger partial charge on any atom is -0.339 e. The fourth-order valence-corrected chi connectivity index (χ4v) is 1.97. The third-order valence-corrected chi connectivity index (χ3v) is 3.43. The van der Waals surface area contributed by atoms with E-state index < -0.39 is 0 Å². The van der Waals surface area contributed by atoms with Gasteiger partial charge in [-0.25, -0.2) is 0 Å². The van der Waals surface area contributed by atoms with Gasteiger partial charge in [0.15, 0.2) is 0 Å². The monoisotopic (exact) mass is 288 g/mol. The molecule has 0 spiro atoms. The number of hydrogen-bond acceptors (Lipinski definition) is 2. The highest BCUT2D eigenvalue weighted by atomic mass is 35.5. The Labute approximate surface area is 118 Å². The van der Waals surface area contributed by atoms with Crippen LogP contribution in [0.2, 0.25) is 10.0 Å². The number of carbonyl (C=O) groups is 1. The quantitative estimate of drug-likeness (QED) is 0.874. The summed E-state index contributed by atoms with van der Waals surface area (Å²) in [6.07, 6.45) is 1.21. The van der Waals surface area contributed by atoms with Gasteiger partial charge >= 0.3 is 0 Å². The van der Waals surface area contributed by atoms with Gasteiger partial charge in [0.2, 0.25) is 5.91 Å². The first kappa shape index (κ1) is 15.3. The minimum atomic E-state index is 0.119. The summed E-state index contributed by atoms with van der Waals surface area (Å²) in [5, 5.41) is 1.04. The average molecular weight is 289 g/mol. The number of amides is 1. The van der Waals surface area contributed by atoms with Crippen LogP contribution in [0.5, 0.6) is 0 Å². The first-order chi connectivity index (χ1) is 8.58. The van der Waals surface area contributed by atoms with Gasteiger partial charge in [0, 0.05) is 19.5 Å². The van der Waals surface area contributed by atoms with Gasteiger partial charge in [-0.2, -0.15) is 0 Å². The molecule has 1 aromatic rings. The number of rotatable bonds is 6. The molecule has 5 heteroatoms. The molecule has 1 amide bonds. The van der Waals surface area contributed by atoms with E-state index >= 15 is 0 Å². The molecule has 0 fully saturated rings. The molecule has 0 aliphatic carbocycles. The zero-order valence-corrected chi connectivity index (χ0v) is 12.0. The molecule has 1 aromatic carbocycles. The van der Waals surface area contributed by atoms with Crippen LogP contribution in [0.3, 0.4) is 0 Å². The highest BCUT2D eigenvalue weighted by Crippen LogP contribution is 2.23. The molecule has 0 atom stereocenters. The molecule has 0 aromatic heterocycles. The molecule has 3 nitrogen and oxygen atoms in total. The number of nitrogens with zero attached hydrogens (tertiary/aromatic N) is 1. The van der Waals surface area contributed by atoms with Gasteiger partial charge < -0.3 is 10.6 Å². The minimum absolute atomic E-state index is 0.119. The topological polar surface area (TPSA) is 46.3 Å². The third kappa shape index (κ3) is 4.48. The summed E-state index contributed by atoms with van der Waals surface area (Å²) in [7, 11) is 0. The van der Waals surface area contributed by atoms with E-state index in [-0.39, 0.29) is 5.91 Å². The molecule has 100 valence electrons. The van der Waals surface area contributed by atoms with E-state index in [1.54, 1.807) is 17.0 Å². The van der Waals surface area contributed by atoms with E-state index in [4.69, 9.17) is 28.9 Å². The van der Waals surface area contributed by atoms with Gasteiger partial charge in [0.1, 0.15) is 0 Å². The van der Waals surface area contributed by atoms with Gasteiger partial charge in [-0.05, 0) is 37.6 Å². The summed E-state index contributed by atoms with van der Waals surface area (Å²) in [6.45, 7) is 3.72. The highest BCUT2D eigenvalue weighted by Gasteiger charge is 2.12. The second kappa shape index (κ2) is 7.62. The Kier molecular flexibility index (Phi) is 6.47. The Hall–Kier alpha value is -0.770. The molecule has 2 N–H and O–H groups in total. The maximum absolute atomic E-state index is 11.9. The molecule has 0 aliphatic heterocycles. The van der Waals surface area contributed by atoms with Crippen LogP contribution in [0.25, 0.3) is 0 Å². The van der Waals surface area contributed by atoms with Gasteiger partial charge in [-0.15, -0.1) is 0 Å². The summed E-state index contributed by atoms with van der Waals surface area (Å²) < 4.78 is 0. The van der Waals surface area contributed by atoms with E-state index in [2.05, 4.69) is 0 Å². The van der Waals surface area contributed by atoms with Gasteiger partial charge in [-0.3, -0.25) is 4.79 Å². The molecule has 0 saturated carbocycles. The summed E-state index contributed by atoms with van der Waals surface area (Å²) in [4.78, 5) is 13.7. The van der Waals surface area contributed by atoms with Crippen LogP contribution in [-0.4, -0.2) is 23.9 Å². The molecule has 0 radical (unpaired) electrons. The zero-order chi connectivity index (χ0) is 13.5.